The predicted molar refractivity (Wildman–Crippen MR) is 114 cm³/mol. The Balaban J connectivity index is 2.43. The van der Waals surface area contributed by atoms with Gasteiger partial charge in [-0.15, -0.1) is 0 Å². The van der Waals surface area contributed by atoms with E-state index in [1.54, 1.807) is 12.1 Å². The number of nitrogens with one attached hydrogen (secondary N) is 1. The first-order valence-electron chi connectivity index (χ1n) is 9.39. The molecule has 5 atom stereocenters. The Hall–Kier alpha value is -2.41. The van der Waals surface area contributed by atoms with Crippen molar-refractivity contribution in [2.24, 2.45) is 0 Å². The van der Waals surface area contributed by atoms with Gasteiger partial charge < -0.3 is 29.0 Å². The summed E-state index contributed by atoms with van der Waals surface area (Å²) in [4.78, 5) is 46.7. The molecule has 1 aliphatic heterocycles. The van der Waals surface area contributed by atoms with Crippen LogP contribution < -0.4 is 10.1 Å². The third kappa shape index (κ3) is 7.65. The molecule has 1 saturated heterocycles. The Labute approximate surface area is 193 Å². The van der Waals surface area contributed by atoms with Gasteiger partial charge >= 0.3 is 17.9 Å². The normalized spacial score (nSPS) is 25.1. The maximum Gasteiger partial charge on any atom is 0.303 e. The summed E-state index contributed by atoms with van der Waals surface area (Å²) in [7, 11) is 0. The van der Waals surface area contributed by atoms with E-state index in [2.05, 4.69) is 27.9 Å². The number of carbonyl (C=O) groups excluding carboxylic acids is 4. The van der Waals surface area contributed by atoms with E-state index in [-0.39, 0.29) is 6.61 Å². The third-order valence-corrected chi connectivity index (χ3v) is 4.86. The molecule has 0 bridgehead atoms. The Morgan fingerprint density at radius 1 is 0.935 bits per heavy atom. The second kappa shape index (κ2) is 11.3. The van der Waals surface area contributed by atoms with Crippen LogP contribution in [0.15, 0.2) is 24.3 Å². The topological polar surface area (TPSA) is 126 Å². The summed E-state index contributed by atoms with van der Waals surface area (Å²) in [5, 5.41) is 2.64. The quantitative estimate of drug-likeness (QED) is 0.305. The molecule has 31 heavy (non-hydrogen) atoms. The van der Waals surface area contributed by atoms with Crippen molar-refractivity contribution < 1.29 is 42.9 Å². The number of benzene rings is 1. The SMILES string of the molecule is CC(=O)N[C@@H]1[C@H](Oc2ccc(I)cc2)O[C@H](COC(C)=O)[C@@H](OC(C)=O)[C@H]1OC(C)=O. The fourth-order valence-electron chi connectivity index (χ4n) is 3.04. The van der Waals surface area contributed by atoms with E-state index in [1.807, 2.05) is 12.1 Å². The van der Waals surface area contributed by atoms with Crippen LogP contribution in [0.3, 0.4) is 0 Å². The molecule has 170 valence electrons. The van der Waals surface area contributed by atoms with Crippen LogP contribution in [0.1, 0.15) is 27.7 Å². The predicted octanol–water partition coefficient (Wildman–Crippen LogP) is 1.33. The van der Waals surface area contributed by atoms with Gasteiger partial charge in [0.25, 0.3) is 0 Å². The minimum atomic E-state index is -1.16. The fourth-order valence-corrected chi connectivity index (χ4v) is 3.40. The van der Waals surface area contributed by atoms with Crippen molar-refractivity contribution in [2.45, 2.75) is 58.3 Å². The highest BCUT2D eigenvalue weighted by atomic mass is 127. The number of halogens is 1. The van der Waals surface area contributed by atoms with E-state index < -0.39 is 54.5 Å². The van der Waals surface area contributed by atoms with E-state index in [0.29, 0.717) is 5.75 Å². The zero-order valence-corrected chi connectivity index (χ0v) is 19.6. The smallest absolute Gasteiger partial charge is 0.303 e. The van der Waals surface area contributed by atoms with Crippen LogP contribution in [0.2, 0.25) is 0 Å². The second-order valence-corrected chi connectivity index (χ2v) is 8.04. The van der Waals surface area contributed by atoms with E-state index in [1.165, 1.54) is 27.7 Å². The van der Waals surface area contributed by atoms with E-state index in [0.717, 1.165) is 3.57 Å². The highest BCUT2D eigenvalue weighted by molar-refractivity contribution is 14.1. The van der Waals surface area contributed by atoms with Gasteiger partial charge in [0, 0.05) is 31.3 Å². The fraction of sp³-hybridized carbons (Fsp3) is 0.500. The highest BCUT2D eigenvalue weighted by Crippen LogP contribution is 2.29. The van der Waals surface area contributed by atoms with E-state index in [4.69, 9.17) is 23.7 Å². The summed E-state index contributed by atoms with van der Waals surface area (Å²) in [5.74, 6) is -1.93. The van der Waals surface area contributed by atoms with Crippen LogP contribution in [0.25, 0.3) is 0 Å². The van der Waals surface area contributed by atoms with Gasteiger partial charge in [-0.3, -0.25) is 19.2 Å². The lowest BCUT2D eigenvalue weighted by atomic mass is 9.96. The van der Waals surface area contributed by atoms with Crippen LogP contribution >= 0.6 is 22.6 Å². The molecule has 10 nitrogen and oxygen atoms in total. The van der Waals surface area contributed by atoms with Gasteiger partial charge in [0.2, 0.25) is 12.2 Å². The highest BCUT2D eigenvalue weighted by Gasteiger charge is 2.51. The van der Waals surface area contributed by atoms with Crippen LogP contribution in [0, 0.1) is 3.57 Å². The number of hydrogen-bond acceptors (Lipinski definition) is 9. The Kier molecular flexibility index (Phi) is 9.04. The van der Waals surface area contributed by atoms with Crippen molar-refractivity contribution in [3.05, 3.63) is 27.8 Å². The molecule has 1 aromatic carbocycles. The Morgan fingerprint density at radius 3 is 2.03 bits per heavy atom. The molecule has 0 aromatic heterocycles. The molecule has 1 aliphatic rings. The van der Waals surface area contributed by atoms with Crippen molar-refractivity contribution in [2.75, 3.05) is 6.61 Å². The molecule has 0 aliphatic carbocycles. The van der Waals surface area contributed by atoms with Crippen LogP contribution in [-0.4, -0.2) is 61.1 Å². The summed E-state index contributed by atoms with van der Waals surface area (Å²) in [6.07, 6.45) is -4.47. The molecule has 1 aromatic rings. The standard InChI is InChI=1S/C20H24INO9/c1-10(23)22-17-19(29-13(4)26)18(28-12(3)25)16(9-27-11(2)24)31-20(17)30-15-7-5-14(21)6-8-15/h5-8,16-20H,9H2,1-4H3,(H,22,23)/t16-,17+,18-,19+,20-/m1/s1. The maximum atomic E-state index is 11.9. The molecule has 0 saturated carbocycles. The van der Waals surface area contributed by atoms with Gasteiger partial charge in [0.15, 0.2) is 12.2 Å². The summed E-state index contributed by atoms with van der Waals surface area (Å²) < 4.78 is 28.6. The van der Waals surface area contributed by atoms with Gasteiger partial charge in [0.1, 0.15) is 24.5 Å². The Bertz CT molecular complexity index is 813. The van der Waals surface area contributed by atoms with Crippen LogP contribution in [0.5, 0.6) is 5.75 Å². The van der Waals surface area contributed by atoms with E-state index >= 15 is 0 Å². The van der Waals surface area contributed by atoms with Crippen molar-refractivity contribution >= 4 is 46.4 Å². The second-order valence-electron chi connectivity index (χ2n) is 6.79. The summed E-state index contributed by atoms with van der Waals surface area (Å²) in [6.45, 7) is 4.56. The molecule has 2 rings (SSSR count). The molecule has 0 spiro atoms. The van der Waals surface area contributed by atoms with Gasteiger partial charge in [-0.1, -0.05) is 0 Å². The van der Waals surface area contributed by atoms with Gasteiger partial charge in [-0.2, -0.15) is 0 Å². The number of amides is 1. The largest absolute Gasteiger partial charge is 0.463 e. The maximum absolute atomic E-state index is 11.9. The summed E-state index contributed by atoms with van der Waals surface area (Å²) in [5.41, 5.74) is 0. The van der Waals surface area contributed by atoms with E-state index in [9.17, 15) is 19.2 Å². The van der Waals surface area contributed by atoms with Crippen molar-refractivity contribution in [3.8, 4) is 5.75 Å². The number of ether oxygens (including phenoxy) is 5. The summed E-state index contributed by atoms with van der Waals surface area (Å²) >= 11 is 2.14. The van der Waals surface area contributed by atoms with Gasteiger partial charge in [0.05, 0.1) is 0 Å². The molecule has 11 heteroatoms. The first kappa shape index (κ1) is 24.9. The monoisotopic (exact) mass is 549 g/mol. The molecule has 0 unspecified atom stereocenters. The average molecular weight is 549 g/mol. The van der Waals surface area contributed by atoms with Crippen molar-refractivity contribution in [1.29, 1.82) is 0 Å². The molecular weight excluding hydrogens is 525 g/mol. The van der Waals surface area contributed by atoms with Gasteiger partial charge in [-0.25, -0.2) is 0 Å². The lowest BCUT2D eigenvalue weighted by Gasteiger charge is -2.44. The minimum Gasteiger partial charge on any atom is -0.463 e. The zero-order chi connectivity index (χ0) is 23.1. The lowest BCUT2D eigenvalue weighted by Crippen LogP contribution is -2.67. The number of rotatable bonds is 7. The molecule has 1 amide bonds. The molecule has 0 radical (unpaired) electrons. The van der Waals surface area contributed by atoms with Gasteiger partial charge in [-0.05, 0) is 46.9 Å². The first-order valence-corrected chi connectivity index (χ1v) is 10.5. The number of hydrogen-bond donors (Lipinski definition) is 1. The average Bonchev–Trinajstić information content (AvgIpc) is 2.65. The van der Waals surface area contributed by atoms with Crippen molar-refractivity contribution in [3.63, 3.8) is 0 Å². The molecular formula is C20H24INO9. The van der Waals surface area contributed by atoms with Crippen LogP contribution in [-0.2, 0) is 38.1 Å². The number of carbonyl (C=O) groups is 4. The molecule has 1 heterocycles. The van der Waals surface area contributed by atoms with Crippen molar-refractivity contribution in [1.82, 2.24) is 5.32 Å². The molecule has 1 N–H and O–H groups in total. The number of esters is 3. The lowest BCUT2D eigenvalue weighted by molar-refractivity contribution is -0.257. The zero-order valence-electron chi connectivity index (χ0n) is 17.5. The third-order valence-electron chi connectivity index (χ3n) is 4.14. The Morgan fingerprint density at radius 2 is 1.52 bits per heavy atom. The minimum absolute atomic E-state index is 0.287. The molecule has 1 fully saturated rings. The van der Waals surface area contributed by atoms with Crippen LogP contribution in [0.4, 0.5) is 0 Å². The first-order chi connectivity index (χ1) is 14.6. The summed E-state index contributed by atoms with van der Waals surface area (Å²) in [6, 6.07) is 6.02.